The maximum Gasteiger partial charge on any atom is 0.254 e. The SMILES string of the molecule is CN(O)C(=O)Cc1nc(-c2ccc(S(N)(=O)=O)cc2)c(-c2ccc(Cl)cc2)o1. The number of nitrogens with zero attached hydrogens (tertiary/aromatic N) is 2. The average molecular weight is 422 g/mol. The topological polar surface area (TPSA) is 127 Å². The van der Waals surface area contributed by atoms with E-state index in [4.69, 9.17) is 21.2 Å². The van der Waals surface area contributed by atoms with E-state index in [1.807, 2.05) is 0 Å². The Labute approximate surface area is 166 Å². The largest absolute Gasteiger partial charge is 0.439 e. The van der Waals surface area contributed by atoms with Gasteiger partial charge in [-0.15, -0.1) is 0 Å². The number of rotatable bonds is 5. The Kier molecular flexibility index (Phi) is 5.52. The second-order valence-corrected chi connectivity index (χ2v) is 7.95. The van der Waals surface area contributed by atoms with E-state index >= 15 is 0 Å². The van der Waals surface area contributed by atoms with E-state index in [1.165, 1.54) is 19.2 Å². The summed E-state index contributed by atoms with van der Waals surface area (Å²) >= 11 is 5.93. The Morgan fingerprint density at radius 3 is 2.25 bits per heavy atom. The molecular formula is C18H16ClN3O5S. The van der Waals surface area contributed by atoms with Gasteiger partial charge in [-0.25, -0.2) is 23.6 Å². The number of benzene rings is 2. The molecule has 0 saturated heterocycles. The summed E-state index contributed by atoms with van der Waals surface area (Å²) in [5.41, 5.74) is 1.64. The number of likely N-dealkylation sites (N-methyl/N-ethyl adjacent to an activating group) is 1. The highest BCUT2D eigenvalue weighted by molar-refractivity contribution is 7.89. The van der Waals surface area contributed by atoms with Crippen molar-refractivity contribution < 1.29 is 22.8 Å². The third kappa shape index (κ3) is 4.39. The van der Waals surface area contributed by atoms with Crippen LogP contribution in [0.1, 0.15) is 5.89 Å². The van der Waals surface area contributed by atoms with Crippen molar-refractivity contribution in [2.45, 2.75) is 11.3 Å². The normalized spacial score (nSPS) is 11.4. The Hall–Kier alpha value is -2.72. The van der Waals surface area contributed by atoms with E-state index in [-0.39, 0.29) is 17.2 Å². The van der Waals surface area contributed by atoms with Crippen LogP contribution in [0.4, 0.5) is 0 Å². The maximum atomic E-state index is 11.8. The number of carbonyl (C=O) groups excluding carboxylic acids is 1. The standard InChI is InChI=1S/C18H16ClN3O5S/c1-22(24)16(23)10-15-21-17(11-4-8-14(9-5-11)28(20,25)26)18(27-15)12-2-6-13(19)7-3-12/h2-9,24H,10H2,1H3,(H2,20,25,26). The van der Waals surface area contributed by atoms with Gasteiger partial charge in [0.05, 0.1) is 4.90 Å². The molecule has 0 aliphatic carbocycles. The molecule has 146 valence electrons. The second kappa shape index (κ2) is 7.72. The third-order valence-corrected chi connectivity index (χ3v) is 5.08. The smallest absolute Gasteiger partial charge is 0.254 e. The van der Waals surface area contributed by atoms with Gasteiger partial charge in [0.1, 0.15) is 12.1 Å². The minimum absolute atomic E-state index is 0.0369. The van der Waals surface area contributed by atoms with Crippen LogP contribution >= 0.6 is 11.6 Å². The molecule has 28 heavy (non-hydrogen) atoms. The van der Waals surface area contributed by atoms with Crippen LogP contribution in [0.15, 0.2) is 57.8 Å². The summed E-state index contributed by atoms with van der Waals surface area (Å²) in [6.07, 6.45) is -0.247. The van der Waals surface area contributed by atoms with E-state index in [0.29, 0.717) is 32.7 Å². The van der Waals surface area contributed by atoms with E-state index in [0.717, 1.165) is 0 Å². The Morgan fingerprint density at radius 1 is 1.14 bits per heavy atom. The van der Waals surface area contributed by atoms with Gasteiger partial charge < -0.3 is 4.42 Å². The summed E-state index contributed by atoms with van der Waals surface area (Å²) < 4.78 is 28.7. The summed E-state index contributed by atoms with van der Waals surface area (Å²) in [5.74, 6) is -0.121. The van der Waals surface area contributed by atoms with Gasteiger partial charge in [-0.2, -0.15) is 0 Å². The lowest BCUT2D eigenvalue weighted by molar-refractivity contribution is -0.158. The number of hydroxylamine groups is 2. The molecule has 0 unspecified atom stereocenters. The first-order valence-electron chi connectivity index (χ1n) is 7.99. The molecular weight excluding hydrogens is 406 g/mol. The fraction of sp³-hybridized carbons (Fsp3) is 0.111. The molecule has 0 fully saturated rings. The van der Waals surface area contributed by atoms with Crippen LogP contribution < -0.4 is 5.14 Å². The van der Waals surface area contributed by atoms with Crippen molar-refractivity contribution in [3.05, 3.63) is 59.4 Å². The summed E-state index contributed by atoms with van der Waals surface area (Å²) in [4.78, 5) is 16.1. The fourth-order valence-electron chi connectivity index (χ4n) is 2.48. The number of carbonyl (C=O) groups is 1. The number of sulfonamides is 1. The van der Waals surface area contributed by atoms with Crippen molar-refractivity contribution in [1.29, 1.82) is 0 Å². The predicted molar refractivity (Wildman–Crippen MR) is 102 cm³/mol. The number of hydrogen-bond donors (Lipinski definition) is 2. The van der Waals surface area contributed by atoms with E-state index < -0.39 is 15.9 Å². The quantitative estimate of drug-likeness (QED) is 0.481. The summed E-state index contributed by atoms with van der Waals surface area (Å²) in [5, 5.41) is 15.4. The molecule has 2 aromatic carbocycles. The number of hydrogen-bond acceptors (Lipinski definition) is 6. The number of halogens is 1. The van der Waals surface area contributed by atoms with Crippen molar-refractivity contribution >= 4 is 27.5 Å². The summed E-state index contributed by atoms with van der Waals surface area (Å²) in [6, 6.07) is 12.6. The second-order valence-electron chi connectivity index (χ2n) is 5.96. The molecule has 8 nitrogen and oxygen atoms in total. The number of nitrogens with two attached hydrogens (primary N) is 1. The Bertz CT molecular complexity index is 1110. The fourth-order valence-corrected chi connectivity index (χ4v) is 3.12. The molecule has 0 bridgehead atoms. The van der Waals surface area contributed by atoms with E-state index in [9.17, 15) is 18.4 Å². The summed E-state index contributed by atoms with van der Waals surface area (Å²) in [7, 11) is -2.62. The lowest BCUT2D eigenvalue weighted by Crippen LogP contribution is -2.24. The van der Waals surface area contributed by atoms with E-state index in [1.54, 1.807) is 36.4 Å². The lowest BCUT2D eigenvalue weighted by atomic mass is 10.1. The third-order valence-electron chi connectivity index (χ3n) is 3.90. The molecule has 0 atom stereocenters. The van der Waals surface area contributed by atoms with Gasteiger partial charge >= 0.3 is 0 Å². The van der Waals surface area contributed by atoms with E-state index in [2.05, 4.69) is 4.98 Å². The highest BCUT2D eigenvalue weighted by Gasteiger charge is 2.20. The molecule has 0 radical (unpaired) electrons. The van der Waals surface area contributed by atoms with Gasteiger partial charge in [0.25, 0.3) is 5.91 Å². The first-order chi connectivity index (χ1) is 13.1. The zero-order chi connectivity index (χ0) is 20.5. The minimum atomic E-state index is -3.83. The van der Waals surface area contributed by atoms with Gasteiger partial charge in [-0.3, -0.25) is 10.0 Å². The first kappa shape index (κ1) is 20.0. The predicted octanol–water partition coefficient (Wildman–Crippen LogP) is 2.70. The molecule has 0 aliphatic rings. The van der Waals surface area contributed by atoms with Crippen LogP contribution in [0, 0.1) is 0 Å². The Morgan fingerprint density at radius 2 is 1.71 bits per heavy atom. The van der Waals surface area contributed by atoms with Gasteiger partial charge in [0.15, 0.2) is 5.76 Å². The molecule has 3 rings (SSSR count). The molecule has 0 saturated carbocycles. The zero-order valence-corrected chi connectivity index (χ0v) is 16.2. The van der Waals surface area contributed by atoms with Crippen LogP contribution in [-0.4, -0.2) is 36.6 Å². The highest BCUT2D eigenvalue weighted by atomic mass is 35.5. The highest BCUT2D eigenvalue weighted by Crippen LogP contribution is 2.34. The number of aromatic nitrogens is 1. The van der Waals surface area contributed by atoms with Crippen LogP contribution in [0.3, 0.4) is 0 Å². The van der Waals surface area contributed by atoms with Crippen LogP contribution in [-0.2, 0) is 21.2 Å². The van der Waals surface area contributed by atoms with Crippen molar-refractivity contribution in [3.63, 3.8) is 0 Å². The van der Waals surface area contributed by atoms with Crippen LogP contribution in [0.25, 0.3) is 22.6 Å². The molecule has 1 heterocycles. The minimum Gasteiger partial charge on any atom is -0.439 e. The van der Waals surface area contributed by atoms with Gasteiger partial charge in [-0.1, -0.05) is 23.7 Å². The average Bonchev–Trinajstić information content (AvgIpc) is 3.05. The van der Waals surface area contributed by atoms with Gasteiger partial charge in [0.2, 0.25) is 15.9 Å². The molecule has 1 amide bonds. The molecule has 3 N–H and O–H groups in total. The van der Waals surface area contributed by atoms with Gasteiger partial charge in [-0.05, 0) is 36.4 Å². The number of oxazole rings is 1. The van der Waals surface area contributed by atoms with Crippen molar-refractivity contribution in [1.82, 2.24) is 10.0 Å². The first-order valence-corrected chi connectivity index (χ1v) is 9.92. The Balaban J connectivity index is 2.08. The molecule has 10 heteroatoms. The number of primary sulfonamides is 1. The van der Waals surface area contributed by atoms with Crippen LogP contribution in [0.5, 0.6) is 0 Å². The lowest BCUT2D eigenvalue weighted by Gasteiger charge is -2.05. The van der Waals surface area contributed by atoms with Crippen molar-refractivity contribution in [2.75, 3.05) is 7.05 Å². The molecule has 3 aromatic rings. The van der Waals surface area contributed by atoms with Crippen molar-refractivity contribution in [3.8, 4) is 22.6 Å². The van der Waals surface area contributed by atoms with Crippen LogP contribution in [0.2, 0.25) is 5.02 Å². The molecule has 0 spiro atoms. The van der Waals surface area contributed by atoms with Gasteiger partial charge in [0, 0.05) is 23.2 Å². The molecule has 0 aliphatic heterocycles. The summed E-state index contributed by atoms with van der Waals surface area (Å²) in [6.45, 7) is 0. The number of amides is 1. The zero-order valence-electron chi connectivity index (χ0n) is 14.7. The maximum absolute atomic E-state index is 11.8. The van der Waals surface area contributed by atoms with Crippen molar-refractivity contribution in [2.24, 2.45) is 5.14 Å². The monoisotopic (exact) mass is 421 g/mol. The molecule has 1 aromatic heterocycles.